The number of alkyl halides is 1. The van der Waals surface area contributed by atoms with Gasteiger partial charge < -0.3 is 15.8 Å². The van der Waals surface area contributed by atoms with Crippen molar-refractivity contribution >= 4 is 28.2 Å². The van der Waals surface area contributed by atoms with Gasteiger partial charge in [0.2, 0.25) is 0 Å². The highest BCUT2D eigenvalue weighted by molar-refractivity contribution is 6.06. The molecule has 0 atom stereocenters. The van der Waals surface area contributed by atoms with Crippen molar-refractivity contribution in [2.45, 2.75) is 6.67 Å². The van der Waals surface area contributed by atoms with Gasteiger partial charge in [-0.05, 0) is 59.3 Å². The number of hydrogen-bond donors (Lipinski definition) is 2. The minimum atomic E-state index is -0.783. The predicted octanol–water partition coefficient (Wildman–Crippen LogP) is 5.20. The molecule has 3 aromatic carbocycles. The summed E-state index contributed by atoms with van der Waals surface area (Å²) in [4.78, 5) is 16.6. The van der Waals surface area contributed by atoms with E-state index in [1.807, 2.05) is 30.3 Å². The monoisotopic (exact) mass is 412 g/mol. The third-order valence-electron chi connectivity index (χ3n) is 4.69. The second-order valence-corrected chi connectivity index (χ2v) is 6.81. The fourth-order valence-corrected chi connectivity index (χ4v) is 3.15. The lowest BCUT2D eigenvalue weighted by Gasteiger charge is -2.10. The fourth-order valence-electron chi connectivity index (χ4n) is 3.15. The molecular formula is C24H17FN4O2. The summed E-state index contributed by atoms with van der Waals surface area (Å²) in [7, 11) is 0. The summed E-state index contributed by atoms with van der Waals surface area (Å²) in [5, 5.41) is 13.5. The van der Waals surface area contributed by atoms with Gasteiger partial charge in [0.25, 0.3) is 5.91 Å². The third-order valence-corrected chi connectivity index (χ3v) is 4.69. The number of carbonyl (C=O) groups is 1. The zero-order valence-corrected chi connectivity index (χ0v) is 16.3. The lowest BCUT2D eigenvalue weighted by molar-refractivity contribution is 0.102. The lowest BCUT2D eigenvalue weighted by Crippen LogP contribution is -2.12. The van der Waals surface area contributed by atoms with Crippen LogP contribution in [0.15, 0.2) is 72.9 Å². The van der Waals surface area contributed by atoms with Crippen LogP contribution in [0.25, 0.3) is 10.8 Å². The number of anilines is 2. The molecule has 1 amide bonds. The molecule has 0 aliphatic heterocycles. The number of pyridine rings is 1. The highest BCUT2D eigenvalue weighted by Crippen LogP contribution is 2.27. The van der Waals surface area contributed by atoms with Crippen molar-refractivity contribution in [1.82, 2.24) is 4.98 Å². The summed E-state index contributed by atoms with van der Waals surface area (Å²) in [6.45, 7) is -0.783. The average Bonchev–Trinajstić information content (AvgIpc) is 2.78. The molecular weight excluding hydrogens is 395 g/mol. The maximum absolute atomic E-state index is 13.1. The van der Waals surface area contributed by atoms with Crippen molar-refractivity contribution in [1.29, 1.82) is 5.26 Å². The molecule has 4 rings (SSSR count). The molecule has 3 N–H and O–H groups in total. The summed E-state index contributed by atoms with van der Waals surface area (Å²) in [5.41, 5.74) is 7.01. The van der Waals surface area contributed by atoms with Crippen LogP contribution in [0.1, 0.15) is 21.5 Å². The van der Waals surface area contributed by atoms with Gasteiger partial charge in [-0.15, -0.1) is 0 Å². The van der Waals surface area contributed by atoms with Crippen molar-refractivity contribution in [3.8, 4) is 17.6 Å². The van der Waals surface area contributed by atoms with Crippen LogP contribution in [0.5, 0.6) is 11.5 Å². The van der Waals surface area contributed by atoms with E-state index >= 15 is 0 Å². The number of aromatic nitrogens is 1. The molecule has 152 valence electrons. The number of nitrogens with one attached hydrogen (secondary N) is 1. The Morgan fingerprint density at radius 2 is 1.84 bits per heavy atom. The molecule has 7 heteroatoms. The van der Waals surface area contributed by atoms with Crippen LogP contribution in [-0.2, 0) is 6.67 Å². The van der Waals surface area contributed by atoms with Crippen LogP contribution in [0.2, 0.25) is 0 Å². The molecule has 6 nitrogen and oxygen atoms in total. The van der Waals surface area contributed by atoms with E-state index in [1.165, 1.54) is 12.1 Å². The third kappa shape index (κ3) is 4.43. The van der Waals surface area contributed by atoms with E-state index in [1.54, 1.807) is 36.5 Å². The number of ether oxygens (including phenoxy) is 1. The first-order valence-electron chi connectivity index (χ1n) is 9.39. The van der Waals surface area contributed by atoms with Crippen molar-refractivity contribution in [2.75, 3.05) is 11.1 Å². The van der Waals surface area contributed by atoms with Gasteiger partial charge in [-0.2, -0.15) is 5.26 Å². The minimum absolute atomic E-state index is 0.234. The number of nitrogen functional groups attached to an aromatic ring is 1. The quantitative estimate of drug-likeness (QED) is 0.469. The van der Waals surface area contributed by atoms with E-state index in [0.717, 1.165) is 10.8 Å². The van der Waals surface area contributed by atoms with Crippen molar-refractivity contribution in [3.63, 3.8) is 0 Å². The minimum Gasteiger partial charge on any atom is -0.457 e. The topological polar surface area (TPSA) is 101 Å². The largest absolute Gasteiger partial charge is 0.457 e. The van der Waals surface area contributed by atoms with Gasteiger partial charge in [0.05, 0.1) is 11.6 Å². The van der Waals surface area contributed by atoms with E-state index in [2.05, 4.69) is 10.3 Å². The van der Waals surface area contributed by atoms with Gasteiger partial charge in [0.15, 0.2) is 0 Å². The number of amides is 1. The molecule has 0 radical (unpaired) electrons. The highest BCUT2D eigenvalue weighted by Gasteiger charge is 2.10. The summed E-state index contributed by atoms with van der Waals surface area (Å²) in [5.74, 6) is 1.17. The molecule has 0 spiro atoms. The van der Waals surface area contributed by atoms with Gasteiger partial charge in [-0.3, -0.25) is 4.79 Å². The molecule has 31 heavy (non-hydrogen) atoms. The highest BCUT2D eigenvalue weighted by atomic mass is 19.1. The summed E-state index contributed by atoms with van der Waals surface area (Å²) < 4.78 is 18.9. The Bertz CT molecular complexity index is 1330. The second-order valence-electron chi connectivity index (χ2n) is 6.81. The maximum atomic E-state index is 13.1. The van der Waals surface area contributed by atoms with Crippen molar-refractivity contribution in [2.24, 2.45) is 0 Å². The van der Waals surface area contributed by atoms with Gasteiger partial charge in [-0.1, -0.05) is 12.1 Å². The van der Waals surface area contributed by atoms with Crippen LogP contribution in [-0.4, -0.2) is 10.9 Å². The van der Waals surface area contributed by atoms with E-state index in [-0.39, 0.29) is 17.0 Å². The van der Waals surface area contributed by atoms with E-state index in [4.69, 9.17) is 15.7 Å². The number of halogens is 1. The summed E-state index contributed by atoms with van der Waals surface area (Å²) in [6.07, 6.45) is 1.56. The van der Waals surface area contributed by atoms with E-state index in [0.29, 0.717) is 28.6 Å². The fraction of sp³-hybridized carbons (Fsp3) is 0.0417. The Hall–Kier alpha value is -4.44. The van der Waals surface area contributed by atoms with Crippen molar-refractivity contribution in [3.05, 3.63) is 89.6 Å². The number of fused-ring (bicyclic) bond motifs is 1. The van der Waals surface area contributed by atoms with Gasteiger partial charge in [0.1, 0.15) is 24.0 Å². The first-order chi connectivity index (χ1) is 15.1. The number of hydrogen-bond acceptors (Lipinski definition) is 5. The number of nitrogens with zero attached hydrogens (tertiary/aromatic N) is 2. The number of nitriles is 1. The molecule has 0 saturated carbocycles. The zero-order chi connectivity index (χ0) is 21.8. The number of benzene rings is 3. The van der Waals surface area contributed by atoms with Crippen LogP contribution in [0.3, 0.4) is 0 Å². The van der Waals surface area contributed by atoms with Gasteiger partial charge in [0, 0.05) is 29.1 Å². The van der Waals surface area contributed by atoms with Crippen LogP contribution in [0.4, 0.5) is 15.9 Å². The van der Waals surface area contributed by atoms with Gasteiger partial charge >= 0.3 is 0 Å². The molecule has 0 saturated heterocycles. The Labute approximate surface area is 177 Å². The van der Waals surface area contributed by atoms with Crippen LogP contribution in [0, 0.1) is 11.3 Å². The average molecular weight is 412 g/mol. The molecule has 0 unspecified atom stereocenters. The molecule has 4 aromatic rings. The van der Waals surface area contributed by atoms with E-state index in [9.17, 15) is 9.18 Å². The Morgan fingerprint density at radius 3 is 2.61 bits per heavy atom. The summed E-state index contributed by atoms with van der Waals surface area (Å²) >= 11 is 0. The second kappa shape index (κ2) is 8.51. The first-order valence-corrected chi connectivity index (χ1v) is 9.39. The Morgan fingerprint density at radius 1 is 1.03 bits per heavy atom. The molecule has 1 aromatic heterocycles. The van der Waals surface area contributed by atoms with Crippen molar-refractivity contribution < 1.29 is 13.9 Å². The number of rotatable bonds is 5. The maximum Gasteiger partial charge on any atom is 0.255 e. The van der Waals surface area contributed by atoms with E-state index < -0.39 is 6.67 Å². The normalized spacial score (nSPS) is 10.5. The standard InChI is InChI=1S/C24H17FN4O2/c25-13-19-10-20(5-3-17(19)14-26)29-24(30)16-2-1-15-4-6-21(11-18(15)9-16)31-22-7-8-28-23(27)12-22/h1-12H,13H2,(H2,27,28)(H,29,30). The molecule has 1 heterocycles. The number of carbonyl (C=O) groups excluding carboxylic acids is 1. The number of nitrogens with two attached hydrogens (primary N) is 1. The first kappa shape index (κ1) is 19.9. The summed E-state index contributed by atoms with van der Waals surface area (Å²) in [6, 6.07) is 20.6. The van der Waals surface area contributed by atoms with Crippen LogP contribution < -0.4 is 15.8 Å². The molecule has 0 aliphatic rings. The Kier molecular flexibility index (Phi) is 5.45. The smallest absolute Gasteiger partial charge is 0.255 e. The molecule has 0 fully saturated rings. The Balaban J connectivity index is 1.58. The molecule has 0 aliphatic carbocycles. The van der Waals surface area contributed by atoms with Crippen LogP contribution >= 0.6 is 0 Å². The predicted molar refractivity (Wildman–Crippen MR) is 117 cm³/mol. The molecule has 0 bridgehead atoms. The zero-order valence-electron chi connectivity index (χ0n) is 16.3. The lowest BCUT2D eigenvalue weighted by atomic mass is 10.1. The SMILES string of the molecule is N#Cc1ccc(NC(=O)c2ccc3ccc(Oc4ccnc(N)c4)cc3c2)cc1CF. The van der Waals surface area contributed by atoms with Gasteiger partial charge in [-0.25, -0.2) is 9.37 Å².